The second kappa shape index (κ2) is 9.98. The van der Waals surface area contributed by atoms with Crippen LogP contribution in [0.2, 0.25) is 0 Å². The molecule has 110 valence electrons. The van der Waals surface area contributed by atoms with Crippen LogP contribution in [0.15, 0.2) is 12.2 Å². The van der Waals surface area contributed by atoms with Crippen molar-refractivity contribution in [2.24, 2.45) is 0 Å². The maximum atomic E-state index is 11.3. The molecule has 19 heavy (non-hydrogen) atoms. The summed E-state index contributed by atoms with van der Waals surface area (Å²) in [6.45, 7) is 1.55. The molecule has 0 N–H and O–H groups in total. The standard InChI is InChI=1S/C15H27NO3/c1-16(2)14(17)10-6-4-3-5-8-12-18-15-11-7-9-13-19-15/h3,5,15H,4,6-13H2,1-2H3/b5-3-. The van der Waals surface area contributed by atoms with Crippen LogP contribution in [0.4, 0.5) is 0 Å². The molecule has 0 bridgehead atoms. The third kappa shape index (κ3) is 8.01. The predicted octanol–water partition coefficient (Wildman–Crippen LogP) is 2.73. The number of allylic oxidation sites excluding steroid dienone is 1. The van der Waals surface area contributed by atoms with Crippen molar-refractivity contribution in [3.05, 3.63) is 12.2 Å². The van der Waals surface area contributed by atoms with Crippen LogP contribution in [-0.4, -0.2) is 44.4 Å². The lowest BCUT2D eigenvalue weighted by Gasteiger charge is -2.22. The molecule has 1 aliphatic heterocycles. The first-order valence-corrected chi connectivity index (χ1v) is 7.28. The summed E-state index contributed by atoms with van der Waals surface area (Å²) < 4.78 is 11.1. The summed E-state index contributed by atoms with van der Waals surface area (Å²) in [5.74, 6) is 0.200. The zero-order valence-corrected chi connectivity index (χ0v) is 12.3. The van der Waals surface area contributed by atoms with Crippen LogP contribution in [0.1, 0.15) is 44.9 Å². The van der Waals surface area contributed by atoms with Gasteiger partial charge in [-0.25, -0.2) is 0 Å². The molecular weight excluding hydrogens is 242 g/mol. The van der Waals surface area contributed by atoms with Gasteiger partial charge in [0.15, 0.2) is 6.29 Å². The normalized spacial score (nSPS) is 19.8. The Morgan fingerprint density at radius 1 is 1.32 bits per heavy atom. The molecule has 1 unspecified atom stereocenters. The number of hydrogen-bond donors (Lipinski definition) is 0. The average Bonchev–Trinajstić information content (AvgIpc) is 2.42. The molecule has 0 aromatic carbocycles. The van der Waals surface area contributed by atoms with Crippen molar-refractivity contribution in [2.75, 3.05) is 27.3 Å². The van der Waals surface area contributed by atoms with E-state index in [4.69, 9.17) is 9.47 Å². The molecular formula is C15H27NO3. The Balaban J connectivity index is 1.91. The number of hydrogen-bond acceptors (Lipinski definition) is 3. The van der Waals surface area contributed by atoms with Gasteiger partial charge in [0.2, 0.25) is 5.91 Å². The molecule has 0 aliphatic carbocycles. The lowest BCUT2D eigenvalue weighted by atomic mass is 10.2. The van der Waals surface area contributed by atoms with E-state index in [1.807, 2.05) is 0 Å². The van der Waals surface area contributed by atoms with Crippen molar-refractivity contribution in [3.8, 4) is 0 Å². The van der Waals surface area contributed by atoms with Crippen molar-refractivity contribution in [1.82, 2.24) is 4.90 Å². The molecule has 0 saturated carbocycles. The molecule has 1 fully saturated rings. The number of carbonyl (C=O) groups is 1. The second-order valence-corrected chi connectivity index (χ2v) is 5.11. The molecule has 1 heterocycles. The fraction of sp³-hybridized carbons (Fsp3) is 0.800. The van der Waals surface area contributed by atoms with Gasteiger partial charge in [-0.05, 0) is 38.5 Å². The number of carbonyl (C=O) groups excluding carboxylic acids is 1. The average molecular weight is 269 g/mol. The van der Waals surface area contributed by atoms with Gasteiger partial charge in [-0.15, -0.1) is 0 Å². The Hall–Kier alpha value is -0.870. The Bertz CT molecular complexity index is 271. The smallest absolute Gasteiger partial charge is 0.222 e. The van der Waals surface area contributed by atoms with Crippen molar-refractivity contribution in [3.63, 3.8) is 0 Å². The SMILES string of the molecule is CN(C)C(=O)CCC/C=C\CCOC1CCCCO1. The number of ether oxygens (including phenoxy) is 2. The van der Waals surface area contributed by atoms with E-state index in [1.165, 1.54) is 6.42 Å². The van der Waals surface area contributed by atoms with Gasteiger partial charge in [0.1, 0.15) is 0 Å². The van der Waals surface area contributed by atoms with Gasteiger partial charge in [0.25, 0.3) is 0 Å². The lowest BCUT2D eigenvalue weighted by Crippen LogP contribution is -2.22. The maximum absolute atomic E-state index is 11.3. The molecule has 4 nitrogen and oxygen atoms in total. The molecule has 1 amide bonds. The number of unbranched alkanes of at least 4 members (excludes halogenated alkanes) is 1. The van der Waals surface area contributed by atoms with E-state index < -0.39 is 0 Å². The van der Waals surface area contributed by atoms with Gasteiger partial charge in [-0.1, -0.05) is 12.2 Å². The molecule has 0 spiro atoms. The quantitative estimate of drug-likeness (QED) is 0.502. The van der Waals surface area contributed by atoms with Crippen LogP contribution < -0.4 is 0 Å². The molecule has 1 saturated heterocycles. The minimum absolute atomic E-state index is 0.0138. The van der Waals surface area contributed by atoms with Crippen molar-refractivity contribution in [1.29, 1.82) is 0 Å². The monoisotopic (exact) mass is 269 g/mol. The van der Waals surface area contributed by atoms with Gasteiger partial charge in [-0.2, -0.15) is 0 Å². The Labute approximate surface area is 116 Å². The fourth-order valence-electron chi connectivity index (χ4n) is 1.94. The van der Waals surface area contributed by atoms with Crippen LogP contribution in [0, 0.1) is 0 Å². The summed E-state index contributed by atoms with van der Waals surface area (Å²) in [6.07, 6.45) is 11.1. The lowest BCUT2D eigenvalue weighted by molar-refractivity contribution is -0.161. The minimum atomic E-state index is 0.0138. The minimum Gasteiger partial charge on any atom is -0.353 e. The first-order valence-electron chi connectivity index (χ1n) is 7.28. The highest BCUT2D eigenvalue weighted by Crippen LogP contribution is 2.13. The van der Waals surface area contributed by atoms with Crippen molar-refractivity contribution in [2.45, 2.75) is 51.2 Å². The molecule has 1 rings (SSSR count). The highest BCUT2D eigenvalue weighted by Gasteiger charge is 2.12. The Morgan fingerprint density at radius 3 is 2.79 bits per heavy atom. The van der Waals surface area contributed by atoms with Crippen molar-refractivity contribution >= 4 is 5.91 Å². The molecule has 4 heteroatoms. The topological polar surface area (TPSA) is 38.8 Å². The fourth-order valence-corrected chi connectivity index (χ4v) is 1.94. The van der Waals surface area contributed by atoms with Crippen molar-refractivity contribution < 1.29 is 14.3 Å². The molecule has 0 aromatic heterocycles. The summed E-state index contributed by atoms with van der Waals surface area (Å²) in [7, 11) is 3.59. The largest absolute Gasteiger partial charge is 0.353 e. The first kappa shape index (κ1) is 16.2. The second-order valence-electron chi connectivity index (χ2n) is 5.11. The number of amides is 1. The predicted molar refractivity (Wildman–Crippen MR) is 75.8 cm³/mol. The van der Waals surface area contributed by atoms with Gasteiger partial charge < -0.3 is 14.4 Å². The Kier molecular flexibility index (Phi) is 8.50. The number of nitrogens with zero attached hydrogens (tertiary/aromatic N) is 1. The maximum Gasteiger partial charge on any atom is 0.222 e. The summed E-state index contributed by atoms with van der Waals surface area (Å²) in [6, 6.07) is 0. The highest BCUT2D eigenvalue weighted by molar-refractivity contribution is 5.75. The molecule has 1 aliphatic rings. The zero-order chi connectivity index (χ0) is 13.9. The van der Waals surface area contributed by atoms with Crippen LogP contribution in [0.5, 0.6) is 0 Å². The zero-order valence-electron chi connectivity index (χ0n) is 12.3. The van der Waals surface area contributed by atoms with Gasteiger partial charge >= 0.3 is 0 Å². The van der Waals surface area contributed by atoms with E-state index in [-0.39, 0.29) is 12.2 Å². The van der Waals surface area contributed by atoms with Gasteiger partial charge in [0.05, 0.1) is 6.61 Å². The van der Waals surface area contributed by atoms with E-state index in [0.29, 0.717) is 6.42 Å². The van der Waals surface area contributed by atoms with Gasteiger partial charge in [0, 0.05) is 27.1 Å². The summed E-state index contributed by atoms with van der Waals surface area (Å²) in [5.41, 5.74) is 0. The molecule has 0 aromatic rings. The van der Waals surface area contributed by atoms with E-state index in [0.717, 1.165) is 45.3 Å². The van der Waals surface area contributed by atoms with E-state index >= 15 is 0 Å². The molecule has 0 radical (unpaired) electrons. The van der Waals surface area contributed by atoms with Crippen LogP contribution in [0.25, 0.3) is 0 Å². The molecule has 1 atom stereocenters. The van der Waals surface area contributed by atoms with Crippen LogP contribution >= 0.6 is 0 Å². The van der Waals surface area contributed by atoms with E-state index in [2.05, 4.69) is 12.2 Å². The third-order valence-corrected chi connectivity index (χ3v) is 3.15. The van der Waals surface area contributed by atoms with E-state index in [1.54, 1.807) is 19.0 Å². The first-order chi connectivity index (χ1) is 9.20. The van der Waals surface area contributed by atoms with Crippen LogP contribution in [0.3, 0.4) is 0 Å². The highest BCUT2D eigenvalue weighted by atomic mass is 16.7. The number of rotatable bonds is 8. The Morgan fingerprint density at radius 2 is 2.11 bits per heavy atom. The van der Waals surface area contributed by atoms with Crippen LogP contribution in [-0.2, 0) is 14.3 Å². The summed E-state index contributed by atoms with van der Waals surface area (Å²) in [5, 5.41) is 0. The summed E-state index contributed by atoms with van der Waals surface area (Å²) >= 11 is 0. The van der Waals surface area contributed by atoms with Gasteiger partial charge in [-0.3, -0.25) is 4.79 Å². The summed E-state index contributed by atoms with van der Waals surface area (Å²) in [4.78, 5) is 13.0. The van der Waals surface area contributed by atoms with E-state index in [9.17, 15) is 4.79 Å². The third-order valence-electron chi connectivity index (χ3n) is 3.15.